The van der Waals surface area contributed by atoms with Crippen LogP contribution in [0.25, 0.3) is 27.8 Å². The second-order valence-corrected chi connectivity index (χ2v) is 7.29. The van der Waals surface area contributed by atoms with Gasteiger partial charge in [0.2, 0.25) is 0 Å². The van der Waals surface area contributed by atoms with E-state index in [1.165, 1.54) is 11.1 Å². The Balaban J connectivity index is 1.68. The Bertz CT molecular complexity index is 1290. The van der Waals surface area contributed by atoms with Gasteiger partial charge in [-0.15, -0.1) is 5.10 Å². The lowest BCUT2D eigenvalue weighted by Gasteiger charge is -2.17. The zero-order valence-corrected chi connectivity index (χ0v) is 16.4. The van der Waals surface area contributed by atoms with Crippen LogP contribution in [0.4, 0.5) is 5.82 Å². The van der Waals surface area contributed by atoms with Gasteiger partial charge in [-0.3, -0.25) is 0 Å². The molecule has 0 fully saturated rings. The number of hydrogen-bond acceptors (Lipinski definition) is 4. The molecule has 2 aromatic heterocycles. The fourth-order valence-corrected chi connectivity index (χ4v) is 3.60. The van der Waals surface area contributed by atoms with Crippen LogP contribution in [0.15, 0.2) is 78.9 Å². The largest absolute Gasteiger partial charge is 0.363 e. The third-order valence-corrected chi connectivity index (χ3v) is 5.23. The summed E-state index contributed by atoms with van der Waals surface area (Å²) in [6.07, 6.45) is 0. The van der Waals surface area contributed by atoms with Crippen molar-refractivity contribution in [1.29, 1.82) is 0 Å². The lowest BCUT2D eigenvalue weighted by molar-refractivity contribution is 0.862. The maximum absolute atomic E-state index is 4.95. The average Bonchev–Trinajstić information content (AvgIpc) is 3.19. The summed E-state index contributed by atoms with van der Waals surface area (Å²) in [6, 6.07) is 26.9. The van der Waals surface area contributed by atoms with Crippen LogP contribution in [-0.2, 0) is 0 Å². The first-order chi connectivity index (χ1) is 14.2. The van der Waals surface area contributed by atoms with Gasteiger partial charge in [0.1, 0.15) is 11.5 Å². The number of fused-ring (bicyclic) bond motifs is 3. The van der Waals surface area contributed by atoms with E-state index in [1.807, 2.05) is 22.7 Å². The number of benzene rings is 3. The molecule has 142 valence electrons. The van der Waals surface area contributed by atoms with Crippen molar-refractivity contribution < 1.29 is 0 Å². The molecule has 1 N–H and O–H groups in total. The molecule has 0 radical (unpaired) electrons. The first-order valence-corrected chi connectivity index (χ1v) is 9.73. The third kappa shape index (κ3) is 3.10. The lowest BCUT2D eigenvalue weighted by Crippen LogP contribution is -2.09. The highest BCUT2D eigenvalue weighted by Crippen LogP contribution is 2.30. The fraction of sp³-hybridized carbons (Fsp3) is 0.125. The van der Waals surface area contributed by atoms with Crippen LogP contribution in [-0.4, -0.2) is 19.8 Å². The van der Waals surface area contributed by atoms with Gasteiger partial charge in [-0.05, 0) is 31.5 Å². The summed E-state index contributed by atoms with van der Waals surface area (Å²) >= 11 is 0. The van der Waals surface area contributed by atoms with Crippen LogP contribution in [0.5, 0.6) is 0 Å². The minimum atomic E-state index is 0.119. The molecule has 5 aromatic rings. The van der Waals surface area contributed by atoms with Crippen LogP contribution >= 0.6 is 0 Å². The Morgan fingerprint density at radius 2 is 1.59 bits per heavy atom. The predicted molar refractivity (Wildman–Crippen MR) is 117 cm³/mol. The number of rotatable bonds is 4. The van der Waals surface area contributed by atoms with Crippen molar-refractivity contribution in [2.24, 2.45) is 0 Å². The molecule has 0 amide bonds. The molecule has 5 rings (SSSR count). The van der Waals surface area contributed by atoms with E-state index in [9.17, 15) is 0 Å². The van der Waals surface area contributed by atoms with Gasteiger partial charge >= 0.3 is 0 Å². The Hall–Kier alpha value is -3.73. The number of nitrogens with one attached hydrogen (secondary N) is 1. The maximum Gasteiger partial charge on any atom is 0.186 e. The minimum Gasteiger partial charge on any atom is -0.363 e. The van der Waals surface area contributed by atoms with Crippen LogP contribution in [0.1, 0.15) is 24.1 Å². The van der Waals surface area contributed by atoms with E-state index in [0.29, 0.717) is 0 Å². The van der Waals surface area contributed by atoms with Gasteiger partial charge in [-0.25, -0.2) is 4.98 Å². The Labute approximate surface area is 169 Å². The zero-order chi connectivity index (χ0) is 19.8. The standard InChI is InChI=1S/C24H21N5/c1-16-12-14-19(15-13-16)22-24-26-23(25-17(2)18-8-4-3-5-9-18)20-10-6-7-11-21(20)29(24)28-27-22/h3-15,17H,1-2H3,(H,25,26). The van der Waals surface area contributed by atoms with Gasteiger partial charge in [0.25, 0.3) is 0 Å². The molecule has 2 heterocycles. The number of anilines is 1. The van der Waals surface area contributed by atoms with Gasteiger partial charge in [-0.2, -0.15) is 4.52 Å². The Morgan fingerprint density at radius 1 is 0.862 bits per heavy atom. The van der Waals surface area contributed by atoms with E-state index in [-0.39, 0.29) is 6.04 Å². The van der Waals surface area contributed by atoms with Gasteiger partial charge in [0, 0.05) is 17.0 Å². The fourth-order valence-electron chi connectivity index (χ4n) is 3.60. The molecule has 5 heteroatoms. The first kappa shape index (κ1) is 17.4. The molecular formula is C24H21N5. The van der Waals surface area contributed by atoms with Crippen molar-refractivity contribution in [3.8, 4) is 11.3 Å². The molecule has 0 bridgehead atoms. The normalized spacial score (nSPS) is 12.3. The topological polar surface area (TPSA) is 55.1 Å². The highest BCUT2D eigenvalue weighted by Gasteiger charge is 2.17. The number of para-hydroxylation sites is 1. The van der Waals surface area contributed by atoms with Crippen molar-refractivity contribution in [2.75, 3.05) is 5.32 Å². The molecule has 3 aromatic carbocycles. The van der Waals surface area contributed by atoms with Crippen molar-refractivity contribution in [1.82, 2.24) is 19.8 Å². The summed E-state index contributed by atoms with van der Waals surface area (Å²) in [6.45, 7) is 4.22. The molecule has 0 spiro atoms. The van der Waals surface area contributed by atoms with Gasteiger partial charge in [0.15, 0.2) is 5.65 Å². The average molecular weight is 379 g/mol. The summed E-state index contributed by atoms with van der Waals surface area (Å²) in [5.74, 6) is 0.833. The van der Waals surface area contributed by atoms with Crippen molar-refractivity contribution >= 4 is 22.4 Å². The predicted octanol–water partition coefficient (Wildman–Crippen LogP) is 5.43. The van der Waals surface area contributed by atoms with Crippen LogP contribution in [0.3, 0.4) is 0 Å². The van der Waals surface area contributed by atoms with Crippen LogP contribution in [0, 0.1) is 6.92 Å². The molecule has 29 heavy (non-hydrogen) atoms. The molecule has 5 nitrogen and oxygen atoms in total. The van der Waals surface area contributed by atoms with Gasteiger partial charge < -0.3 is 5.32 Å². The molecular weight excluding hydrogens is 358 g/mol. The molecule has 0 saturated heterocycles. The summed E-state index contributed by atoms with van der Waals surface area (Å²) in [7, 11) is 0. The number of hydrogen-bond donors (Lipinski definition) is 1. The van der Waals surface area contributed by atoms with Gasteiger partial charge in [-0.1, -0.05) is 77.5 Å². The van der Waals surface area contributed by atoms with E-state index in [4.69, 9.17) is 4.98 Å². The second kappa shape index (κ2) is 7.02. The molecule has 1 atom stereocenters. The van der Waals surface area contributed by atoms with Crippen LogP contribution in [0.2, 0.25) is 0 Å². The molecule has 0 aliphatic heterocycles. The number of aryl methyl sites for hydroxylation is 1. The molecule has 0 saturated carbocycles. The van der Waals surface area contributed by atoms with E-state index >= 15 is 0 Å². The first-order valence-electron chi connectivity index (χ1n) is 9.73. The van der Waals surface area contributed by atoms with Crippen molar-refractivity contribution in [2.45, 2.75) is 19.9 Å². The minimum absolute atomic E-state index is 0.119. The second-order valence-electron chi connectivity index (χ2n) is 7.29. The van der Waals surface area contributed by atoms with Crippen LogP contribution < -0.4 is 5.32 Å². The zero-order valence-electron chi connectivity index (χ0n) is 16.4. The summed E-state index contributed by atoms with van der Waals surface area (Å²) < 4.78 is 1.82. The monoisotopic (exact) mass is 379 g/mol. The summed E-state index contributed by atoms with van der Waals surface area (Å²) in [4.78, 5) is 4.95. The highest BCUT2D eigenvalue weighted by atomic mass is 15.4. The quantitative estimate of drug-likeness (QED) is 0.453. The summed E-state index contributed by atoms with van der Waals surface area (Å²) in [5.41, 5.74) is 5.94. The van der Waals surface area contributed by atoms with Gasteiger partial charge in [0.05, 0.1) is 5.52 Å². The Morgan fingerprint density at radius 3 is 2.38 bits per heavy atom. The number of nitrogens with zero attached hydrogens (tertiary/aromatic N) is 4. The Kier molecular flexibility index (Phi) is 4.21. The van der Waals surface area contributed by atoms with E-state index in [1.54, 1.807) is 0 Å². The van der Waals surface area contributed by atoms with Crippen molar-refractivity contribution in [3.63, 3.8) is 0 Å². The lowest BCUT2D eigenvalue weighted by atomic mass is 10.1. The highest BCUT2D eigenvalue weighted by molar-refractivity contribution is 5.93. The van der Waals surface area contributed by atoms with Crippen molar-refractivity contribution in [3.05, 3.63) is 90.0 Å². The molecule has 0 aliphatic carbocycles. The van der Waals surface area contributed by atoms with E-state index in [0.717, 1.165) is 33.6 Å². The molecule has 1 unspecified atom stereocenters. The SMILES string of the molecule is Cc1ccc(-c2nnn3c2nc(NC(C)c2ccccc2)c2ccccc23)cc1. The van der Waals surface area contributed by atoms with E-state index < -0.39 is 0 Å². The maximum atomic E-state index is 4.95. The third-order valence-electron chi connectivity index (χ3n) is 5.23. The molecule has 0 aliphatic rings. The summed E-state index contributed by atoms with van der Waals surface area (Å²) in [5, 5.41) is 13.5. The smallest absolute Gasteiger partial charge is 0.186 e. The number of aromatic nitrogens is 4. The van der Waals surface area contributed by atoms with E-state index in [2.05, 4.69) is 90.1 Å².